The van der Waals surface area contributed by atoms with Gasteiger partial charge in [0.2, 0.25) is 5.82 Å². The van der Waals surface area contributed by atoms with Crippen LogP contribution in [0.15, 0.2) is 47.0 Å². The molecule has 1 aliphatic carbocycles. The number of ether oxygens (including phenoxy) is 1. The van der Waals surface area contributed by atoms with E-state index in [2.05, 4.69) is 21.5 Å². The van der Waals surface area contributed by atoms with Crippen LogP contribution in [0.4, 0.5) is 0 Å². The van der Waals surface area contributed by atoms with Crippen LogP contribution in [0.5, 0.6) is 5.75 Å². The highest BCUT2D eigenvalue weighted by atomic mass is 35.5. The SMILES string of the molecule is CC(C)Oc1ccc(-c2nc(-c3ccc(CNC4CCC4)cc3Cl)no2)cc1. The molecular formula is C22H24ClN3O2. The zero-order valence-corrected chi connectivity index (χ0v) is 16.9. The van der Waals surface area contributed by atoms with Gasteiger partial charge in [0, 0.05) is 23.7 Å². The monoisotopic (exact) mass is 397 g/mol. The first-order valence-corrected chi connectivity index (χ1v) is 10.1. The number of hydrogen-bond acceptors (Lipinski definition) is 5. The van der Waals surface area contributed by atoms with E-state index in [1.54, 1.807) is 0 Å². The molecule has 4 rings (SSSR count). The Kier molecular flexibility index (Phi) is 5.64. The van der Waals surface area contributed by atoms with Crippen LogP contribution in [0.3, 0.4) is 0 Å². The maximum Gasteiger partial charge on any atom is 0.258 e. The summed E-state index contributed by atoms with van der Waals surface area (Å²) in [6, 6.07) is 14.2. The number of nitrogens with one attached hydrogen (secondary N) is 1. The molecule has 0 unspecified atom stereocenters. The highest BCUT2D eigenvalue weighted by Gasteiger charge is 2.17. The van der Waals surface area contributed by atoms with Crippen LogP contribution in [0.25, 0.3) is 22.8 Å². The van der Waals surface area contributed by atoms with Crippen molar-refractivity contribution in [3.63, 3.8) is 0 Å². The van der Waals surface area contributed by atoms with Crippen LogP contribution in [0.1, 0.15) is 38.7 Å². The summed E-state index contributed by atoms with van der Waals surface area (Å²) in [5.41, 5.74) is 2.77. The largest absolute Gasteiger partial charge is 0.491 e. The van der Waals surface area contributed by atoms with Crippen molar-refractivity contribution < 1.29 is 9.26 Å². The van der Waals surface area contributed by atoms with Crippen molar-refractivity contribution >= 4 is 11.6 Å². The van der Waals surface area contributed by atoms with E-state index in [0.717, 1.165) is 29.0 Å². The Hall–Kier alpha value is -2.37. The highest BCUT2D eigenvalue weighted by Crippen LogP contribution is 2.29. The Balaban J connectivity index is 1.47. The molecule has 3 aromatic rings. The van der Waals surface area contributed by atoms with Crippen LogP contribution in [-0.2, 0) is 6.54 Å². The number of nitrogens with zero attached hydrogens (tertiary/aromatic N) is 2. The molecule has 0 saturated heterocycles. The minimum absolute atomic E-state index is 0.134. The second kappa shape index (κ2) is 8.33. The summed E-state index contributed by atoms with van der Waals surface area (Å²) in [6.07, 6.45) is 3.99. The van der Waals surface area contributed by atoms with E-state index in [1.807, 2.05) is 50.2 Å². The fourth-order valence-electron chi connectivity index (χ4n) is 3.12. The first-order chi connectivity index (χ1) is 13.6. The average Bonchev–Trinajstić information content (AvgIpc) is 3.10. The molecular weight excluding hydrogens is 374 g/mol. The van der Waals surface area contributed by atoms with Crippen LogP contribution in [0, 0.1) is 0 Å². The van der Waals surface area contributed by atoms with Crippen molar-refractivity contribution in [3.05, 3.63) is 53.1 Å². The first kappa shape index (κ1) is 19.0. The zero-order valence-electron chi connectivity index (χ0n) is 16.1. The second-order valence-corrected chi connectivity index (χ2v) is 7.84. The van der Waals surface area contributed by atoms with Crippen molar-refractivity contribution in [1.29, 1.82) is 0 Å². The summed E-state index contributed by atoms with van der Waals surface area (Å²) in [6.45, 7) is 4.82. The molecule has 5 nitrogen and oxygen atoms in total. The van der Waals surface area contributed by atoms with E-state index in [0.29, 0.717) is 22.8 Å². The van der Waals surface area contributed by atoms with Gasteiger partial charge < -0.3 is 14.6 Å². The molecule has 1 aromatic heterocycles. The first-order valence-electron chi connectivity index (χ1n) is 9.71. The number of aromatic nitrogens is 2. The Labute approximate surface area is 170 Å². The van der Waals surface area contributed by atoms with Crippen molar-refractivity contribution in [2.24, 2.45) is 0 Å². The van der Waals surface area contributed by atoms with Gasteiger partial charge in [-0.3, -0.25) is 0 Å². The van der Waals surface area contributed by atoms with Crippen LogP contribution in [-0.4, -0.2) is 22.3 Å². The van der Waals surface area contributed by atoms with Crippen molar-refractivity contribution in [2.75, 3.05) is 0 Å². The quantitative estimate of drug-likeness (QED) is 0.571. The molecule has 0 bridgehead atoms. The third-order valence-electron chi connectivity index (χ3n) is 4.87. The Bertz CT molecular complexity index is 933. The van der Waals surface area contributed by atoms with E-state index >= 15 is 0 Å². The summed E-state index contributed by atoms with van der Waals surface area (Å²) in [4.78, 5) is 4.51. The number of rotatable bonds is 7. The summed E-state index contributed by atoms with van der Waals surface area (Å²) in [7, 11) is 0. The van der Waals surface area contributed by atoms with Gasteiger partial charge in [-0.1, -0.05) is 29.2 Å². The van der Waals surface area contributed by atoms with Gasteiger partial charge in [0.25, 0.3) is 5.89 Å². The predicted molar refractivity (Wildman–Crippen MR) is 110 cm³/mol. The number of halogens is 1. The number of hydrogen-bond donors (Lipinski definition) is 1. The molecule has 1 saturated carbocycles. The minimum Gasteiger partial charge on any atom is -0.491 e. The maximum absolute atomic E-state index is 6.49. The molecule has 28 heavy (non-hydrogen) atoms. The second-order valence-electron chi connectivity index (χ2n) is 7.44. The van der Waals surface area contributed by atoms with Crippen molar-refractivity contribution in [3.8, 4) is 28.6 Å². The van der Waals surface area contributed by atoms with Gasteiger partial charge in [0.15, 0.2) is 0 Å². The lowest BCUT2D eigenvalue weighted by Gasteiger charge is -2.26. The summed E-state index contributed by atoms with van der Waals surface area (Å²) in [5, 5.41) is 8.27. The van der Waals surface area contributed by atoms with E-state index < -0.39 is 0 Å². The minimum atomic E-state index is 0.134. The standard InChI is InChI=1S/C22H24ClN3O2/c1-14(2)27-18-9-7-16(8-10-18)22-25-21(26-28-22)19-11-6-15(12-20(19)23)13-24-17-4-3-5-17/h6-12,14,17,24H,3-5,13H2,1-2H3. The molecule has 2 aromatic carbocycles. The summed E-state index contributed by atoms with van der Waals surface area (Å²) in [5.74, 6) is 1.76. The van der Waals surface area contributed by atoms with Gasteiger partial charge in [-0.05, 0) is 68.7 Å². The molecule has 0 atom stereocenters. The Morgan fingerprint density at radius 3 is 2.61 bits per heavy atom. The van der Waals surface area contributed by atoms with Crippen molar-refractivity contribution in [2.45, 2.75) is 51.8 Å². The van der Waals surface area contributed by atoms with Gasteiger partial charge in [0.05, 0.1) is 11.1 Å². The van der Waals surface area contributed by atoms with Gasteiger partial charge in [-0.15, -0.1) is 0 Å². The normalized spacial score (nSPS) is 14.3. The molecule has 1 aliphatic rings. The summed E-state index contributed by atoms with van der Waals surface area (Å²) >= 11 is 6.49. The van der Waals surface area contributed by atoms with E-state index in [9.17, 15) is 0 Å². The summed E-state index contributed by atoms with van der Waals surface area (Å²) < 4.78 is 11.1. The average molecular weight is 398 g/mol. The van der Waals surface area contributed by atoms with Crippen LogP contribution >= 0.6 is 11.6 Å². The smallest absolute Gasteiger partial charge is 0.258 e. The van der Waals surface area contributed by atoms with E-state index in [-0.39, 0.29) is 6.10 Å². The van der Waals surface area contributed by atoms with Gasteiger partial charge >= 0.3 is 0 Å². The molecule has 1 N–H and O–H groups in total. The Morgan fingerprint density at radius 2 is 1.96 bits per heavy atom. The fourth-order valence-corrected chi connectivity index (χ4v) is 3.41. The molecule has 0 aliphatic heterocycles. The highest BCUT2D eigenvalue weighted by molar-refractivity contribution is 6.33. The lowest BCUT2D eigenvalue weighted by molar-refractivity contribution is 0.242. The predicted octanol–water partition coefficient (Wildman–Crippen LogP) is 5.49. The molecule has 146 valence electrons. The van der Waals surface area contributed by atoms with Crippen LogP contribution < -0.4 is 10.1 Å². The van der Waals surface area contributed by atoms with E-state index in [4.69, 9.17) is 20.9 Å². The fraction of sp³-hybridized carbons (Fsp3) is 0.364. The third kappa shape index (κ3) is 4.37. The van der Waals surface area contributed by atoms with Gasteiger partial charge in [-0.2, -0.15) is 4.98 Å². The topological polar surface area (TPSA) is 60.2 Å². The maximum atomic E-state index is 6.49. The molecule has 1 heterocycles. The lowest BCUT2D eigenvalue weighted by atomic mass is 9.93. The van der Waals surface area contributed by atoms with Crippen LogP contribution in [0.2, 0.25) is 5.02 Å². The molecule has 6 heteroatoms. The Morgan fingerprint density at radius 1 is 1.18 bits per heavy atom. The molecule has 0 spiro atoms. The molecule has 1 fully saturated rings. The van der Waals surface area contributed by atoms with E-state index in [1.165, 1.54) is 19.3 Å². The molecule has 0 amide bonds. The molecule has 0 radical (unpaired) electrons. The van der Waals surface area contributed by atoms with Gasteiger partial charge in [-0.25, -0.2) is 0 Å². The number of benzene rings is 2. The lowest BCUT2D eigenvalue weighted by Crippen LogP contribution is -2.34. The van der Waals surface area contributed by atoms with Gasteiger partial charge in [0.1, 0.15) is 5.75 Å². The third-order valence-corrected chi connectivity index (χ3v) is 5.19. The zero-order chi connectivity index (χ0) is 19.5. The van der Waals surface area contributed by atoms with Crippen molar-refractivity contribution in [1.82, 2.24) is 15.5 Å².